The Bertz CT molecular complexity index is 663. The monoisotopic (exact) mass is 344 g/mol. The van der Waals surface area contributed by atoms with Gasteiger partial charge in [-0.2, -0.15) is 0 Å². The number of likely N-dealkylation sites (tertiary alicyclic amines) is 1. The fourth-order valence-electron chi connectivity index (χ4n) is 3.62. The summed E-state index contributed by atoms with van der Waals surface area (Å²) in [6.07, 6.45) is 4.63. The van der Waals surface area contributed by atoms with Gasteiger partial charge in [0.15, 0.2) is 0 Å². The van der Waals surface area contributed by atoms with Gasteiger partial charge in [-0.1, -0.05) is 18.2 Å². The lowest BCUT2D eigenvalue weighted by atomic mass is 10.1. The van der Waals surface area contributed by atoms with E-state index in [1.54, 1.807) is 4.90 Å². The summed E-state index contributed by atoms with van der Waals surface area (Å²) in [5.74, 6) is -0.0937. The van der Waals surface area contributed by atoms with E-state index in [1.807, 2.05) is 20.8 Å². The van der Waals surface area contributed by atoms with Crippen LogP contribution in [-0.2, 0) is 28.9 Å². The van der Waals surface area contributed by atoms with E-state index < -0.39 is 17.7 Å². The largest absolute Gasteiger partial charge is 0.444 e. The normalized spacial score (nSPS) is 19.6. The second-order valence-corrected chi connectivity index (χ2v) is 8.01. The van der Waals surface area contributed by atoms with Crippen molar-refractivity contribution in [2.45, 2.75) is 71.1 Å². The molecule has 1 aromatic carbocycles. The van der Waals surface area contributed by atoms with Gasteiger partial charge in [-0.05, 0) is 69.6 Å². The van der Waals surface area contributed by atoms with E-state index in [9.17, 15) is 9.59 Å². The molecule has 2 aliphatic rings. The summed E-state index contributed by atoms with van der Waals surface area (Å²) in [6, 6.07) is 6.03. The van der Waals surface area contributed by atoms with Crippen LogP contribution in [0.4, 0.5) is 4.79 Å². The molecule has 1 N–H and O–H groups in total. The number of nitrogens with one attached hydrogen (secondary N) is 1. The fraction of sp³-hybridized carbons (Fsp3) is 0.600. The molecule has 0 spiro atoms. The average Bonchev–Trinajstić information content (AvgIpc) is 3.19. The Kier molecular flexibility index (Phi) is 5.02. The van der Waals surface area contributed by atoms with Crippen LogP contribution in [0.3, 0.4) is 0 Å². The third kappa shape index (κ3) is 4.33. The minimum absolute atomic E-state index is 0.0937. The first-order chi connectivity index (χ1) is 11.8. The number of hydrogen-bond donors (Lipinski definition) is 1. The molecule has 3 rings (SSSR count). The van der Waals surface area contributed by atoms with E-state index in [0.29, 0.717) is 19.5 Å². The maximum Gasteiger partial charge on any atom is 0.410 e. The molecule has 2 amide bonds. The van der Waals surface area contributed by atoms with E-state index in [-0.39, 0.29) is 5.91 Å². The van der Waals surface area contributed by atoms with Crippen LogP contribution in [0.2, 0.25) is 0 Å². The first kappa shape index (κ1) is 17.8. The van der Waals surface area contributed by atoms with Crippen LogP contribution in [0, 0.1) is 0 Å². The Morgan fingerprint density at radius 3 is 2.72 bits per heavy atom. The minimum Gasteiger partial charge on any atom is -0.444 e. The highest BCUT2D eigenvalue weighted by atomic mass is 16.6. The second kappa shape index (κ2) is 7.06. The summed E-state index contributed by atoms with van der Waals surface area (Å²) < 4.78 is 5.42. The van der Waals surface area contributed by atoms with Gasteiger partial charge in [0.1, 0.15) is 11.6 Å². The lowest BCUT2D eigenvalue weighted by Gasteiger charge is -2.28. The number of benzene rings is 1. The first-order valence-corrected chi connectivity index (χ1v) is 9.21. The molecule has 1 atom stereocenters. The molecule has 1 aromatic rings. The van der Waals surface area contributed by atoms with Crippen molar-refractivity contribution in [3.63, 3.8) is 0 Å². The predicted octanol–water partition coefficient (Wildman–Crippen LogP) is 3.19. The van der Waals surface area contributed by atoms with Crippen molar-refractivity contribution in [2.75, 3.05) is 6.54 Å². The first-order valence-electron chi connectivity index (χ1n) is 9.21. The molecule has 25 heavy (non-hydrogen) atoms. The van der Waals surface area contributed by atoms with Crippen molar-refractivity contribution in [3.05, 3.63) is 34.9 Å². The molecule has 1 fully saturated rings. The molecule has 5 nitrogen and oxygen atoms in total. The quantitative estimate of drug-likeness (QED) is 0.916. The number of nitrogens with zero attached hydrogens (tertiary/aromatic N) is 1. The smallest absolute Gasteiger partial charge is 0.410 e. The molecule has 1 saturated heterocycles. The van der Waals surface area contributed by atoms with Gasteiger partial charge in [0.05, 0.1) is 0 Å². The van der Waals surface area contributed by atoms with Crippen molar-refractivity contribution in [1.29, 1.82) is 0 Å². The standard InChI is InChI=1S/C20H28N2O3/c1-20(2,3)25-19(24)22-11-5-8-17(22)18(23)21-13-14-9-10-15-6-4-7-16(15)12-14/h9-10,12,17H,4-8,11,13H2,1-3H3,(H,21,23)/t17-/m0/s1. The van der Waals surface area contributed by atoms with E-state index in [2.05, 4.69) is 23.5 Å². The van der Waals surface area contributed by atoms with Crippen LogP contribution in [-0.4, -0.2) is 35.1 Å². The summed E-state index contributed by atoms with van der Waals surface area (Å²) in [7, 11) is 0. The zero-order valence-electron chi connectivity index (χ0n) is 15.4. The lowest BCUT2D eigenvalue weighted by molar-refractivity contribution is -0.125. The fourth-order valence-corrected chi connectivity index (χ4v) is 3.62. The third-order valence-corrected chi connectivity index (χ3v) is 4.81. The predicted molar refractivity (Wildman–Crippen MR) is 96.3 cm³/mol. The number of carbonyl (C=O) groups is 2. The van der Waals surface area contributed by atoms with Gasteiger partial charge < -0.3 is 10.1 Å². The minimum atomic E-state index is -0.550. The summed E-state index contributed by atoms with van der Waals surface area (Å²) in [5.41, 5.74) is 3.41. The molecule has 5 heteroatoms. The van der Waals surface area contributed by atoms with Crippen molar-refractivity contribution in [3.8, 4) is 0 Å². The van der Waals surface area contributed by atoms with Gasteiger partial charge in [0.25, 0.3) is 0 Å². The number of hydrogen-bond acceptors (Lipinski definition) is 3. The third-order valence-electron chi connectivity index (χ3n) is 4.81. The molecular formula is C20H28N2O3. The molecular weight excluding hydrogens is 316 g/mol. The molecule has 136 valence electrons. The number of amides is 2. The van der Waals surface area contributed by atoms with Crippen LogP contribution < -0.4 is 5.32 Å². The number of aryl methyl sites for hydroxylation is 2. The van der Waals surface area contributed by atoms with Crippen LogP contribution in [0.15, 0.2) is 18.2 Å². The summed E-state index contributed by atoms with van der Waals surface area (Å²) >= 11 is 0. The summed E-state index contributed by atoms with van der Waals surface area (Å²) in [6.45, 7) is 6.59. The van der Waals surface area contributed by atoms with Crippen LogP contribution >= 0.6 is 0 Å². The number of ether oxygens (including phenoxy) is 1. The molecule has 1 aliphatic heterocycles. The van der Waals surface area contributed by atoms with E-state index in [1.165, 1.54) is 17.5 Å². The van der Waals surface area contributed by atoms with Gasteiger partial charge in [-0.25, -0.2) is 4.79 Å². The second-order valence-electron chi connectivity index (χ2n) is 8.01. The van der Waals surface area contributed by atoms with E-state index in [0.717, 1.165) is 24.8 Å². The Balaban J connectivity index is 1.57. The lowest BCUT2D eigenvalue weighted by Crippen LogP contribution is -2.47. The average molecular weight is 344 g/mol. The molecule has 1 aliphatic carbocycles. The molecule has 0 saturated carbocycles. The Hall–Kier alpha value is -2.04. The highest BCUT2D eigenvalue weighted by Gasteiger charge is 2.36. The topological polar surface area (TPSA) is 58.6 Å². The van der Waals surface area contributed by atoms with Crippen molar-refractivity contribution in [2.24, 2.45) is 0 Å². The highest BCUT2D eigenvalue weighted by Crippen LogP contribution is 2.23. The van der Waals surface area contributed by atoms with Crippen molar-refractivity contribution in [1.82, 2.24) is 10.2 Å². The van der Waals surface area contributed by atoms with E-state index in [4.69, 9.17) is 4.74 Å². The van der Waals surface area contributed by atoms with Crippen molar-refractivity contribution < 1.29 is 14.3 Å². The van der Waals surface area contributed by atoms with Gasteiger partial charge in [-0.15, -0.1) is 0 Å². The molecule has 1 heterocycles. The maximum atomic E-state index is 12.6. The molecule has 0 radical (unpaired) electrons. The Labute approximate surface area is 149 Å². The van der Waals surface area contributed by atoms with Crippen LogP contribution in [0.1, 0.15) is 56.7 Å². The van der Waals surface area contributed by atoms with Gasteiger partial charge in [0.2, 0.25) is 5.91 Å². The number of carbonyl (C=O) groups excluding carboxylic acids is 2. The zero-order chi connectivity index (χ0) is 18.0. The molecule has 0 unspecified atom stereocenters. The molecule has 0 bridgehead atoms. The van der Waals surface area contributed by atoms with Gasteiger partial charge >= 0.3 is 6.09 Å². The summed E-state index contributed by atoms with van der Waals surface area (Å²) in [5, 5.41) is 2.99. The SMILES string of the molecule is CC(C)(C)OC(=O)N1CCC[C@H]1C(=O)NCc1ccc2c(c1)CCC2. The van der Waals surface area contributed by atoms with Crippen LogP contribution in [0.5, 0.6) is 0 Å². The van der Waals surface area contributed by atoms with Gasteiger partial charge in [0, 0.05) is 13.1 Å². The molecule has 0 aromatic heterocycles. The summed E-state index contributed by atoms with van der Waals surface area (Å²) in [4.78, 5) is 26.4. The van der Waals surface area contributed by atoms with Crippen LogP contribution in [0.25, 0.3) is 0 Å². The van der Waals surface area contributed by atoms with Crippen molar-refractivity contribution >= 4 is 12.0 Å². The number of rotatable bonds is 3. The van der Waals surface area contributed by atoms with E-state index >= 15 is 0 Å². The number of fused-ring (bicyclic) bond motifs is 1. The Morgan fingerprint density at radius 2 is 1.96 bits per heavy atom. The van der Waals surface area contributed by atoms with Gasteiger partial charge in [-0.3, -0.25) is 9.69 Å². The highest BCUT2D eigenvalue weighted by molar-refractivity contribution is 5.86. The Morgan fingerprint density at radius 1 is 1.20 bits per heavy atom. The zero-order valence-corrected chi connectivity index (χ0v) is 15.4. The maximum absolute atomic E-state index is 12.6.